The third-order valence-electron chi connectivity index (χ3n) is 4.91. The van der Waals surface area contributed by atoms with E-state index < -0.39 is 17.7 Å². The molecule has 1 aromatic carbocycles. The predicted octanol–water partition coefficient (Wildman–Crippen LogP) is 5.00. The van der Waals surface area contributed by atoms with E-state index in [1.54, 1.807) is 19.9 Å². The molecule has 4 aromatic rings. The quantitative estimate of drug-likeness (QED) is 0.459. The molecule has 0 amide bonds. The molecule has 1 N–H and O–H groups in total. The first-order valence-electron chi connectivity index (χ1n) is 9.48. The highest BCUT2D eigenvalue weighted by Gasteiger charge is 2.33. The molecule has 0 bridgehead atoms. The van der Waals surface area contributed by atoms with Gasteiger partial charge in [-0.2, -0.15) is 13.2 Å². The Labute approximate surface area is 174 Å². The molecule has 0 fully saturated rings. The van der Waals surface area contributed by atoms with Crippen LogP contribution in [0.2, 0.25) is 0 Å². The Morgan fingerprint density at radius 2 is 1.87 bits per heavy atom. The summed E-state index contributed by atoms with van der Waals surface area (Å²) < 4.78 is 43.6. The Bertz CT molecular complexity index is 1270. The number of nitrogens with one attached hydrogen (secondary N) is 1. The maximum Gasteiger partial charge on any atom is 0.435 e. The zero-order valence-corrected chi connectivity index (χ0v) is 17.1. The number of imidazole rings is 1. The first-order chi connectivity index (χ1) is 14.6. The number of carbonyl (C=O) groups is 1. The van der Waals surface area contributed by atoms with E-state index in [0.29, 0.717) is 33.9 Å². The average Bonchev–Trinajstić information content (AvgIpc) is 3.29. The maximum absolute atomic E-state index is 13.2. The molecule has 0 aliphatic heterocycles. The molecule has 0 saturated carbocycles. The SMILES string of the molecule is Cc1noc(C)c1-c1cc(C(=O)c2ccc(C(F)(F)F)nn2)c2nc(C(C)C)[nH]c2c1. The van der Waals surface area contributed by atoms with E-state index in [0.717, 1.165) is 17.7 Å². The standard InChI is InChI=1S/C21H18F3N5O2/c1-9(2)20-25-15-8-12(17-10(3)29-31-11(17)4)7-13(18(15)26-20)19(30)14-5-6-16(28-27-14)21(22,23)24/h5-9H,1-4H3,(H,25,26). The number of aromatic nitrogens is 5. The van der Waals surface area contributed by atoms with E-state index in [4.69, 9.17) is 4.52 Å². The van der Waals surface area contributed by atoms with Crippen molar-refractivity contribution in [1.29, 1.82) is 0 Å². The lowest BCUT2D eigenvalue weighted by atomic mass is 9.97. The molecule has 3 aromatic heterocycles. The van der Waals surface area contributed by atoms with Gasteiger partial charge >= 0.3 is 6.18 Å². The zero-order chi connectivity index (χ0) is 22.5. The number of aromatic amines is 1. The average molecular weight is 429 g/mol. The number of halogens is 3. The molecule has 0 spiro atoms. The van der Waals surface area contributed by atoms with Crippen LogP contribution in [0.4, 0.5) is 13.2 Å². The van der Waals surface area contributed by atoms with Gasteiger partial charge in [0.25, 0.3) is 0 Å². The van der Waals surface area contributed by atoms with Gasteiger partial charge in [-0.3, -0.25) is 4.79 Å². The molecule has 7 nitrogen and oxygen atoms in total. The fourth-order valence-corrected chi connectivity index (χ4v) is 3.37. The summed E-state index contributed by atoms with van der Waals surface area (Å²) in [5, 5.41) is 10.6. The highest BCUT2D eigenvalue weighted by atomic mass is 19.4. The number of ketones is 1. The monoisotopic (exact) mass is 429 g/mol. The lowest BCUT2D eigenvalue weighted by Gasteiger charge is -2.07. The number of fused-ring (bicyclic) bond motifs is 1. The molecule has 0 radical (unpaired) electrons. The van der Waals surface area contributed by atoms with E-state index >= 15 is 0 Å². The van der Waals surface area contributed by atoms with Gasteiger partial charge in [-0.1, -0.05) is 19.0 Å². The van der Waals surface area contributed by atoms with Crippen molar-refractivity contribution < 1.29 is 22.5 Å². The number of hydrogen-bond donors (Lipinski definition) is 1. The minimum atomic E-state index is -4.64. The molecule has 0 unspecified atom stereocenters. The van der Waals surface area contributed by atoms with Gasteiger partial charge in [-0.25, -0.2) is 4.98 Å². The van der Waals surface area contributed by atoms with Crippen LogP contribution in [0.3, 0.4) is 0 Å². The number of rotatable bonds is 4. The predicted molar refractivity (Wildman–Crippen MR) is 106 cm³/mol. The summed E-state index contributed by atoms with van der Waals surface area (Å²) >= 11 is 0. The number of benzene rings is 1. The van der Waals surface area contributed by atoms with Crippen LogP contribution in [0.5, 0.6) is 0 Å². The summed E-state index contributed by atoms with van der Waals surface area (Å²) in [6.07, 6.45) is -4.64. The van der Waals surface area contributed by atoms with Gasteiger partial charge in [0.05, 0.1) is 22.3 Å². The molecular formula is C21H18F3N5O2. The molecule has 0 saturated heterocycles. The van der Waals surface area contributed by atoms with E-state index in [1.807, 2.05) is 19.9 Å². The van der Waals surface area contributed by atoms with Crippen LogP contribution in [0.15, 0.2) is 28.8 Å². The van der Waals surface area contributed by atoms with E-state index in [9.17, 15) is 18.0 Å². The Hall–Kier alpha value is -3.56. The van der Waals surface area contributed by atoms with E-state index in [-0.39, 0.29) is 17.2 Å². The number of nitrogens with zero attached hydrogens (tertiary/aromatic N) is 4. The van der Waals surface area contributed by atoms with Crippen molar-refractivity contribution in [3.8, 4) is 11.1 Å². The highest BCUT2D eigenvalue weighted by Crippen LogP contribution is 2.33. The summed E-state index contributed by atoms with van der Waals surface area (Å²) in [5.74, 6) is 0.747. The maximum atomic E-state index is 13.2. The van der Waals surface area contributed by atoms with Crippen LogP contribution in [0, 0.1) is 13.8 Å². The number of H-pyrrole nitrogens is 1. The molecular weight excluding hydrogens is 411 g/mol. The Morgan fingerprint density at radius 1 is 1.13 bits per heavy atom. The van der Waals surface area contributed by atoms with Gasteiger partial charge in [0.1, 0.15) is 17.3 Å². The summed E-state index contributed by atoms with van der Waals surface area (Å²) in [7, 11) is 0. The second-order valence-corrected chi connectivity index (χ2v) is 7.53. The van der Waals surface area contributed by atoms with Gasteiger partial charge in [-0.05, 0) is 43.7 Å². The molecule has 160 valence electrons. The molecule has 0 aliphatic carbocycles. The van der Waals surface area contributed by atoms with Crippen LogP contribution in [0.1, 0.15) is 58.8 Å². The van der Waals surface area contributed by atoms with Crippen LogP contribution >= 0.6 is 0 Å². The number of alkyl halides is 3. The second-order valence-electron chi connectivity index (χ2n) is 7.53. The smallest absolute Gasteiger partial charge is 0.361 e. The zero-order valence-electron chi connectivity index (χ0n) is 17.1. The van der Waals surface area contributed by atoms with Crippen LogP contribution in [-0.4, -0.2) is 31.1 Å². The minimum absolute atomic E-state index is 0.0729. The number of carbonyl (C=O) groups excluding carboxylic acids is 1. The molecule has 0 aliphatic rings. The minimum Gasteiger partial charge on any atom is -0.361 e. The van der Waals surface area contributed by atoms with Crippen LogP contribution in [-0.2, 0) is 6.18 Å². The van der Waals surface area contributed by atoms with Crippen LogP contribution in [0.25, 0.3) is 22.2 Å². The van der Waals surface area contributed by atoms with Crippen molar-refractivity contribution >= 4 is 16.8 Å². The van der Waals surface area contributed by atoms with Gasteiger partial charge in [0.15, 0.2) is 5.69 Å². The van der Waals surface area contributed by atoms with Gasteiger partial charge in [-0.15, -0.1) is 10.2 Å². The lowest BCUT2D eigenvalue weighted by Crippen LogP contribution is -2.12. The Balaban J connectivity index is 1.90. The topological polar surface area (TPSA) is 97.6 Å². The third-order valence-corrected chi connectivity index (χ3v) is 4.91. The first kappa shape index (κ1) is 20.7. The Kier molecular flexibility index (Phi) is 4.87. The molecule has 3 heterocycles. The van der Waals surface area contributed by atoms with Gasteiger partial charge in [0, 0.05) is 11.5 Å². The first-order valence-corrected chi connectivity index (χ1v) is 9.48. The summed E-state index contributed by atoms with van der Waals surface area (Å²) in [6, 6.07) is 5.22. The molecule has 0 atom stereocenters. The Morgan fingerprint density at radius 3 is 2.42 bits per heavy atom. The summed E-state index contributed by atoms with van der Waals surface area (Å²) in [6.45, 7) is 7.45. The summed E-state index contributed by atoms with van der Waals surface area (Å²) in [4.78, 5) is 21.0. The fourth-order valence-electron chi connectivity index (χ4n) is 3.37. The molecule has 4 rings (SSSR count). The van der Waals surface area contributed by atoms with Crippen molar-refractivity contribution in [1.82, 2.24) is 25.3 Å². The lowest BCUT2D eigenvalue weighted by molar-refractivity contribution is -0.141. The third kappa shape index (κ3) is 3.69. The van der Waals surface area contributed by atoms with E-state index in [1.165, 1.54) is 0 Å². The van der Waals surface area contributed by atoms with Crippen molar-refractivity contribution in [3.63, 3.8) is 0 Å². The second kappa shape index (κ2) is 7.29. The molecule has 31 heavy (non-hydrogen) atoms. The largest absolute Gasteiger partial charge is 0.435 e. The van der Waals surface area contributed by atoms with Gasteiger partial charge in [0.2, 0.25) is 5.78 Å². The van der Waals surface area contributed by atoms with Gasteiger partial charge < -0.3 is 9.51 Å². The van der Waals surface area contributed by atoms with Crippen molar-refractivity contribution in [2.45, 2.75) is 39.8 Å². The highest BCUT2D eigenvalue weighted by molar-refractivity contribution is 6.15. The normalized spacial score (nSPS) is 12.1. The van der Waals surface area contributed by atoms with Crippen molar-refractivity contribution in [2.24, 2.45) is 0 Å². The van der Waals surface area contributed by atoms with E-state index in [2.05, 4.69) is 25.3 Å². The van der Waals surface area contributed by atoms with Crippen LogP contribution < -0.4 is 0 Å². The van der Waals surface area contributed by atoms with Crippen molar-refractivity contribution in [3.05, 3.63) is 58.5 Å². The van der Waals surface area contributed by atoms with Crippen molar-refractivity contribution in [2.75, 3.05) is 0 Å². The number of aryl methyl sites for hydroxylation is 2. The fraction of sp³-hybridized carbons (Fsp3) is 0.286. The molecule has 10 heteroatoms. The number of hydrogen-bond acceptors (Lipinski definition) is 6. The summed E-state index contributed by atoms with van der Waals surface area (Å²) in [5.41, 5.74) is 1.90.